The molecule has 0 spiro atoms. The van der Waals surface area contributed by atoms with E-state index in [0.717, 1.165) is 11.4 Å². The van der Waals surface area contributed by atoms with Gasteiger partial charge in [0.1, 0.15) is 12.1 Å². The normalized spacial score (nSPS) is 10.2. The third kappa shape index (κ3) is 2.44. The number of carboxylic acid groups (broad SMARTS) is 1. The van der Waals surface area contributed by atoms with Crippen molar-refractivity contribution in [2.24, 2.45) is 0 Å². The maximum atomic E-state index is 10.7. The molecule has 1 aromatic heterocycles. The second kappa shape index (κ2) is 4.69. The molecule has 0 unspecified atom stereocenters. The standard InChI is InChI=1S/C12H12N2O3/c1-2-17-10-5-3-4-9(6-10)14-7-11(12(15)16)13-8-14/h3-8H,2H2,1H3,(H,15,16). The molecule has 5 nitrogen and oxygen atoms in total. The predicted molar refractivity (Wildman–Crippen MR) is 61.7 cm³/mol. The first-order chi connectivity index (χ1) is 8.20. The third-order valence-electron chi connectivity index (χ3n) is 2.23. The van der Waals surface area contributed by atoms with E-state index < -0.39 is 5.97 Å². The Bertz CT molecular complexity index is 534. The van der Waals surface area contributed by atoms with Crippen LogP contribution in [0.25, 0.3) is 5.69 Å². The number of hydrogen-bond acceptors (Lipinski definition) is 3. The Morgan fingerprint density at radius 3 is 3.00 bits per heavy atom. The van der Waals surface area contributed by atoms with Crippen LogP contribution in [-0.4, -0.2) is 27.2 Å². The van der Waals surface area contributed by atoms with Crippen LogP contribution >= 0.6 is 0 Å². The molecule has 2 rings (SSSR count). The van der Waals surface area contributed by atoms with Gasteiger partial charge in [-0.1, -0.05) is 6.07 Å². The Morgan fingerprint density at radius 2 is 2.35 bits per heavy atom. The summed E-state index contributed by atoms with van der Waals surface area (Å²) >= 11 is 0. The molecule has 0 bridgehead atoms. The maximum absolute atomic E-state index is 10.7. The molecule has 17 heavy (non-hydrogen) atoms. The van der Waals surface area contributed by atoms with Gasteiger partial charge in [0.15, 0.2) is 5.69 Å². The van der Waals surface area contributed by atoms with E-state index in [4.69, 9.17) is 9.84 Å². The van der Waals surface area contributed by atoms with E-state index in [9.17, 15) is 4.79 Å². The zero-order valence-corrected chi connectivity index (χ0v) is 9.33. The molecule has 0 saturated carbocycles. The number of aromatic carboxylic acids is 1. The van der Waals surface area contributed by atoms with Crippen LogP contribution in [0.2, 0.25) is 0 Å². The van der Waals surface area contributed by atoms with E-state index >= 15 is 0 Å². The number of ether oxygens (including phenoxy) is 1. The first-order valence-electron chi connectivity index (χ1n) is 5.21. The Labute approximate surface area is 98.3 Å². The SMILES string of the molecule is CCOc1cccc(-n2cnc(C(=O)O)c2)c1. The fourth-order valence-corrected chi connectivity index (χ4v) is 1.48. The molecular formula is C12H12N2O3. The number of imidazole rings is 1. The Kier molecular flexibility index (Phi) is 3.09. The molecule has 0 aliphatic heterocycles. The first-order valence-corrected chi connectivity index (χ1v) is 5.21. The minimum absolute atomic E-state index is 0.0202. The molecule has 88 valence electrons. The highest BCUT2D eigenvalue weighted by Gasteiger charge is 2.07. The maximum Gasteiger partial charge on any atom is 0.356 e. The number of rotatable bonds is 4. The summed E-state index contributed by atoms with van der Waals surface area (Å²) in [5.41, 5.74) is 0.836. The molecule has 1 aromatic carbocycles. The van der Waals surface area contributed by atoms with Gasteiger partial charge in [0, 0.05) is 12.3 Å². The van der Waals surface area contributed by atoms with Gasteiger partial charge in [0.2, 0.25) is 0 Å². The smallest absolute Gasteiger partial charge is 0.356 e. The lowest BCUT2D eigenvalue weighted by atomic mass is 10.3. The molecule has 0 aliphatic rings. The number of hydrogen-bond donors (Lipinski definition) is 1. The van der Waals surface area contributed by atoms with Gasteiger partial charge in [-0.2, -0.15) is 0 Å². The number of carbonyl (C=O) groups is 1. The summed E-state index contributed by atoms with van der Waals surface area (Å²) < 4.78 is 7.02. The summed E-state index contributed by atoms with van der Waals surface area (Å²) in [6.45, 7) is 2.50. The zero-order chi connectivity index (χ0) is 12.3. The van der Waals surface area contributed by atoms with E-state index in [1.807, 2.05) is 31.2 Å². The largest absolute Gasteiger partial charge is 0.494 e. The van der Waals surface area contributed by atoms with Crippen molar-refractivity contribution in [1.29, 1.82) is 0 Å². The summed E-state index contributed by atoms with van der Waals surface area (Å²) in [6, 6.07) is 7.38. The van der Waals surface area contributed by atoms with Gasteiger partial charge in [-0.3, -0.25) is 0 Å². The predicted octanol–water partition coefficient (Wildman–Crippen LogP) is 1.97. The van der Waals surface area contributed by atoms with Crippen LogP contribution in [0, 0.1) is 0 Å². The van der Waals surface area contributed by atoms with Gasteiger partial charge in [-0.25, -0.2) is 9.78 Å². The average molecular weight is 232 g/mol. The molecule has 0 fully saturated rings. The summed E-state index contributed by atoms with van der Waals surface area (Å²) in [5.74, 6) is -0.291. The lowest BCUT2D eigenvalue weighted by molar-refractivity contribution is 0.0691. The molecule has 0 atom stereocenters. The van der Waals surface area contributed by atoms with Crippen molar-refractivity contribution in [2.45, 2.75) is 6.92 Å². The van der Waals surface area contributed by atoms with Crippen LogP contribution in [0.3, 0.4) is 0 Å². The van der Waals surface area contributed by atoms with Gasteiger partial charge in [0.25, 0.3) is 0 Å². The second-order valence-corrected chi connectivity index (χ2v) is 3.40. The average Bonchev–Trinajstić information content (AvgIpc) is 2.79. The monoisotopic (exact) mass is 232 g/mol. The summed E-state index contributed by atoms with van der Waals surface area (Å²) in [5, 5.41) is 8.78. The van der Waals surface area contributed by atoms with Crippen LogP contribution in [0.15, 0.2) is 36.8 Å². The highest BCUT2D eigenvalue weighted by molar-refractivity contribution is 5.85. The van der Waals surface area contributed by atoms with E-state index in [-0.39, 0.29) is 5.69 Å². The van der Waals surface area contributed by atoms with Crippen molar-refractivity contribution in [3.8, 4) is 11.4 Å². The van der Waals surface area contributed by atoms with E-state index in [0.29, 0.717) is 6.61 Å². The minimum Gasteiger partial charge on any atom is -0.494 e. The third-order valence-corrected chi connectivity index (χ3v) is 2.23. The lowest BCUT2D eigenvalue weighted by Crippen LogP contribution is -1.96. The lowest BCUT2D eigenvalue weighted by Gasteiger charge is -2.06. The quantitative estimate of drug-likeness (QED) is 0.875. The molecule has 1 heterocycles. The number of carboxylic acids is 1. The highest BCUT2D eigenvalue weighted by atomic mass is 16.5. The molecule has 0 aliphatic carbocycles. The van der Waals surface area contributed by atoms with Crippen LogP contribution in [0.1, 0.15) is 17.4 Å². The molecule has 5 heteroatoms. The molecule has 0 amide bonds. The van der Waals surface area contributed by atoms with Gasteiger partial charge in [-0.15, -0.1) is 0 Å². The van der Waals surface area contributed by atoms with Crippen LogP contribution in [-0.2, 0) is 0 Å². The molecule has 0 saturated heterocycles. The fourth-order valence-electron chi connectivity index (χ4n) is 1.48. The van der Waals surface area contributed by atoms with Crippen molar-refractivity contribution >= 4 is 5.97 Å². The number of aromatic nitrogens is 2. The van der Waals surface area contributed by atoms with E-state index in [1.165, 1.54) is 12.5 Å². The zero-order valence-electron chi connectivity index (χ0n) is 9.33. The van der Waals surface area contributed by atoms with Gasteiger partial charge in [-0.05, 0) is 19.1 Å². The number of nitrogens with zero attached hydrogens (tertiary/aromatic N) is 2. The number of benzene rings is 1. The highest BCUT2D eigenvalue weighted by Crippen LogP contribution is 2.17. The van der Waals surface area contributed by atoms with Crippen molar-refractivity contribution in [3.63, 3.8) is 0 Å². The van der Waals surface area contributed by atoms with E-state index in [2.05, 4.69) is 4.98 Å². The van der Waals surface area contributed by atoms with Crippen molar-refractivity contribution < 1.29 is 14.6 Å². The van der Waals surface area contributed by atoms with Crippen molar-refractivity contribution in [1.82, 2.24) is 9.55 Å². The van der Waals surface area contributed by atoms with Gasteiger partial charge < -0.3 is 14.4 Å². The van der Waals surface area contributed by atoms with Gasteiger partial charge >= 0.3 is 5.97 Å². The molecule has 2 aromatic rings. The van der Waals surface area contributed by atoms with Crippen LogP contribution in [0.4, 0.5) is 0 Å². The summed E-state index contributed by atoms with van der Waals surface area (Å²) in [7, 11) is 0. The second-order valence-electron chi connectivity index (χ2n) is 3.40. The minimum atomic E-state index is -1.04. The Morgan fingerprint density at radius 1 is 1.53 bits per heavy atom. The van der Waals surface area contributed by atoms with E-state index in [1.54, 1.807) is 4.57 Å². The fraction of sp³-hybridized carbons (Fsp3) is 0.167. The molecule has 1 N–H and O–H groups in total. The molecule has 0 radical (unpaired) electrons. The van der Waals surface area contributed by atoms with Crippen LogP contribution < -0.4 is 4.74 Å². The van der Waals surface area contributed by atoms with Gasteiger partial charge in [0.05, 0.1) is 12.3 Å². The van der Waals surface area contributed by atoms with Crippen molar-refractivity contribution in [3.05, 3.63) is 42.5 Å². The van der Waals surface area contributed by atoms with Crippen LogP contribution in [0.5, 0.6) is 5.75 Å². The van der Waals surface area contributed by atoms with Crippen molar-refractivity contribution in [2.75, 3.05) is 6.61 Å². The topological polar surface area (TPSA) is 64.4 Å². The Hall–Kier alpha value is -2.30. The summed E-state index contributed by atoms with van der Waals surface area (Å²) in [4.78, 5) is 14.5. The summed E-state index contributed by atoms with van der Waals surface area (Å²) in [6.07, 6.45) is 2.93. The Balaban J connectivity index is 2.31. The first kappa shape index (κ1) is 11.2. The molecular weight excluding hydrogens is 220 g/mol.